The first-order valence-electron chi connectivity index (χ1n) is 7.81. The maximum absolute atomic E-state index is 5.85. The number of rotatable bonds is 9. The smallest absolute Gasteiger partial charge is 0.161 e. The first kappa shape index (κ1) is 15.2. The van der Waals surface area contributed by atoms with Crippen molar-refractivity contribution in [2.24, 2.45) is 5.92 Å². The van der Waals surface area contributed by atoms with Crippen LogP contribution in [0.15, 0.2) is 18.2 Å². The van der Waals surface area contributed by atoms with Gasteiger partial charge in [0.15, 0.2) is 11.5 Å². The van der Waals surface area contributed by atoms with Gasteiger partial charge in [0.2, 0.25) is 0 Å². The van der Waals surface area contributed by atoms with Crippen molar-refractivity contribution in [2.45, 2.75) is 52.6 Å². The van der Waals surface area contributed by atoms with E-state index >= 15 is 0 Å². The molecule has 3 nitrogen and oxygen atoms in total. The molecule has 0 heterocycles. The van der Waals surface area contributed by atoms with Crippen molar-refractivity contribution in [3.63, 3.8) is 0 Å². The highest BCUT2D eigenvalue weighted by Gasteiger charge is 2.20. The number of nitrogens with one attached hydrogen (secondary N) is 1. The summed E-state index contributed by atoms with van der Waals surface area (Å²) in [5.74, 6) is 2.39. The lowest BCUT2D eigenvalue weighted by Crippen LogP contribution is -2.15. The number of ether oxygens (including phenoxy) is 2. The molecule has 0 aliphatic heterocycles. The number of benzene rings is 1. The summed E-state index contributed by atoms with van der Waals surface area (Å²) in [5.41, 5.74) is 1.26. The molecule has 0 amide bonds. The molecule has 0 bridgehead atoms. The zero-order chi connectivity index (χ0) is 14.4. The van der Waals surface area contributed by atoms with Gasteiger partial charge in [-0.2, -0.15) is 0 Å². The van der Waals surface area contributed by atoms with Crippen LogP contribution in [0.2, 0.25) is 0 Å². The zero-order valence-electron chi connectivity index (χ0n) is 12.9. The third-order valence-electron chi connectivity index (χ3n) is 3.43. The molecule has 1 aliphatic carbocycles. The first-order chi connectivity index (χ1) is 9.69. The average molecular weight is 277 g/mol. The Labute approximate surface area is 122 Å². The first-order valence-corrected chi connectivity index (χ1v) is 7.81. The minimum Gasteiger partial charge on any atom is -0.490 e. The van der Waals surface area contributed by atoms with Gasteiger partial charge in [0, 0.05) is 12.6 Å². The van der Waals surface area contributed by atoms with Crippen molar-refractivity contribution in [1.29, 1.82) is 0 Å². The SMILES string of the molecule is CCOc1cc(CNC2CC2)ccc1OCCC(C)C. The van der Waals surface area contributed by atoms with Crippen LogP contribution in [0.25, 0.3) is 0 Å². The topological polar surface area (TPSA) is 30.5 Å². The summed E-state index contributed by atoms with van der Waals surface area (Å²) in [6, 6.07) is 6.99. The molecule has 1 aliphatic rings. The predicted molar refractivity (Wildman–Crippen MR) is 82.4 cm³/mol. The molecule has 1 N–H and O–H groups in total. The molecular formula is C17H27NO2. The molecule has 2 rings (SSSR count). The van der Waals surface area contributed by atoms with E-state index < -0.39 is 0 Å². The van der Waals surface area contributed by atoms with Gasteiger partial charge in [-0.1, -0.05) is 19.9 Å². The highest BCUT2D eigenvalue weighted by Crippen LogP contribution is 2.29. The number of hydrogen-bond acceptors (Lipinski definition) is 3. The van der Waals surface area contributed by atoms with Crippen LogP contribution >= 0.6 is 0 Å². The van der Waals surface area contributed by atoms with Crippen LogP contribution in [-0.4, -0.2) is 19.3 Å². The Morgan fingerprint density at radius 1 is 1.20 bits per heavy atom. The summed E-state index contributed by atoms with van der Waals surface area (Å²) in [7, 11) is 0. The summed E-state index contributed by atoms with van der Waals surface area (Å²) in [4.78, 5) is 0. The highest BCUT2D eigenvalue weighted by molar-refractivity contribution is 5.43. The van der Waals surface area contributed by atoms with Crippen LogP contribution in [0.5, 0.6) is 11.5 Å². The molecule has 1 aromatic rings. The summed E-state index contributed by atoms with van der Waals surface area (Å²) >= 11 is 0. The van der Waals surface area contributed by atoms with Gasteiger partial charge in [0.1, 0.15) is 0 Å². The van der Waals surface area contributed by atoms with Crippen molar-refractivity contribution in [3.8, 4) is 11.5 Å². The lowest BCUT2D eigenvalue weighted by molar-refractivity contribution is 0.261. The Hall–Kier alpha value is -1.22. The van der Waals surface area contributed by atoms with E-state index in [-0.39, 0.29) is 0 Å². The quantitative estimate of drug-likeness (QED) is 0.745. The number of hydrogen-bond donors (Lipinski definition) is 1. The Bertz CT molecular complexity index is 413. The maximum atomic E-state index is 5.85. The van der Waals surface area contributed by atoms with Gasteiger partial charge in [-0.3, -0.25) is 0 Å². The van der Waals surface area contributed by atoms with Gasteiger partial charge in [0.05, 0.1) is 13.2 Å². The highest BCUT2D eigenvalue weighted by atomic mass is 16.5. The van der Waals surface area contributed by atoms with Crippen molar-refractivity contribution in [3.05, 3.63) is 23.8 Å². The monoisotopic (exact) mass is 277 g/mol. The van der Waals surface area contributed by atoms with Crippen LogP contribution in [0.4, 0.5) is 0 Å². The molecule has 112 valence electrons. The van der Waals surface area contributed by atoms with E-state index in [1.54, 1.807) is 0 Å². The molecular weight excluding hydrogens is 250 g/mol. The molecule has 0 unspecified atom stereocenters. The van der Waals surface area contributed by atoms with Crippen molar-refractivity contribution < 1.29 is 9.47 Å². The lowest BCUT2D eigenvalue weighted by atomic mass is 10.1. The Morgan fingerprint density at radius 2 is 2.00 bits per heavy atom. The van der Waals surface area contributed by atoms with E-state index in [4.69, 9.17) is 9.47 Å². The lowest BCUT2D eigenvalue weighted by Gasteiger charge is -2.14. The summed E-state index contributed by atoms with van der Waals surface area (Å²) in [5, 5.41) is 3.52. The van der Waals surface area contributed by atoms with Crippen molar-refractivity contribution >= 4 is 0 Å². The van der Waals surface area contributed by atoms with Gasteiger partial charge in [-0.05, 0) is 49.8 Å². The fourth-order valence-electron chi connectivity index (χ4n) is 2.00. The Balaban J connectivity index is 1.94. The molecule has 20 heavy (non-hydrogen) atoms. The van der Waals surface area contributed by atoms with E-state index in [2.05, 4.69) is 31.3 Å². The molecule has 0 saturated heterocycles. The van der Waals surface area contributed by atoms with E-state index in [0.717, 1.165) is 37.1 Å². The standard InChI is InChI=1S/C17H27NO2/c1-4-19-17-11-14(12-18-15-6-7-15)5-8-16(17)20-10-9-13(2)3/h5,8,11,13,15,18H,4,6-7,9-10,12H2,1-3H3. The average Bonchev–Trinajstić information content (AvgIpc) is 3.22. The third kappa shape index (κ3) is 5.04. The van der Waals surface area contributed by atoms with Gasteiger partial charge >= 0.3 is 0 Å². The molecule has 1 aromatic carbocycles. The molecule has 1 saturated carbocycles. The molecule has 0 atom stereocenters. The van der Waals surface area contributed by atoms with Gasteiger partial charge in [-0.25, -0.2) is 0 Å². The Kier molecular flexibility index (Phi) is 5.72. The molecule has 3 heteroatoms. The Morgan fingerprint density at radius 3 is 2.65 bits per heavy atom. The summed E-state index contributed by atoms with van der Waals surface area (Å²) in [6.45, 7) is 8.75. The van der Waals surface area contributed by atoms with E-state index in [9.17, 15) is 0 Å². The van der Waals surface area contributed by atoms with Crippen LogP contribution < -0.4 is 14.8 Å². The van der Waals surface area contributed by atoms with Gasteiger partial charge in [0.25, 0.3) is 0 Å². The normalized spacial score (nSPS) is 14.6. The van der Waals surface area contributed by atoms with E-state index in [1.165, 1.54) is 18.4 Å². The maximum Gasteiger partial charge on any atom is 0.161 e. The summed E-state index contributed by atoms with van der Waals surface area (Å²) in [6.07, 6.45) is 3.69. The second kappa shape index (κ2) is 7.53. The van der Waals surface area contributed by atoms with Crippen molar-refractivity contribution in [2.75, 3.05) is 13.2 Å². The molecule has 0 radical (unpaired) electrons. The van der Waals surface area contributed by atoms with Crippen LogP contribution in [0.1, 0.15) is 45.6 Å². The molecule has 1 fully saturated rings. The van der Waals surface area contributed by atoms with Gasteiger partial charge in [-0.15, -0.1) is 0 Å². The van der Waals surface area contributed by atoms with E-state index in [0.29, 0.717) is 12.5 Å². The second-order valence-electron chi connectivity index (χ2n) is 5.90. The van der Waals surface area contributed by atoms with Crippen LogP contribution in [-0.2, 0) is 6.54 Å². The van der Waals surface area contributed by atoms with E-state index in [1.807, 2.05) is 13.0 Å². The largest absolute Gasteiger partial charge is 0.490 e. The summed E-state index contributed by atoms with van der Waals surface area (Å²) < 4.78 is 11.6. The zero-order valence-corrected chi connectivity index (χ0v) is 12.9. The fourth-order valence-corrected chi connectivity index (χ4v) is 2.00. The van der Waals surface area contributed by atoms with Crippen LogP contribution in [0, 0.1) is 5.92 Å². The van der Waals surface area contributed by atoms with Crippen molar-refractivity contribution in [1.82, 2.24) is 5.32 Å². The van der Waals surface area contributed by atoms with Gasteiger partial charge < -0.3 is 14.8 Å². The minimum absolute atomic E-state index is 0.660. The predicted octanol–water partition coefficient (Wildman–Crippen LogP) is 3.76. The second-order valence-corrected chi connectivity index (χ2v) is 5.90. The third-order valence-corrected chi connectivity index (χ3v) is 3.43. The van der Waals surface area contributed by atoms with Crippen LogP contribution in [0.3, 0.4) is 0 Å². The fraction of sp³-hybridized carbons (Fsp3) is 0.647. The molecule has 0 spiro atoms. The molecule has 0 aromatic heterocycles. The minimum atomic E-state index is 0.660.